The molecule has 66 heavy (non-hydrogen) atoms. The van der Waals surface area contributed by atoms with Gasteiger partial charge in [-0.2, -0.15) is 0 Å². The number of primary amides is 3. The number of carboxylic acid groups (broad SMARTS) is 2. The van der Waals surface area contributed by atoms with Crippen molar-refractivity contribution in [1.29, 1.82) is 0 Å². The molecule has 1 fully saturated rings. The van der Waals surface area contributed by atoms with Crippen molar-refractivity contribution >= 4 is 71.0 Å². The van der Waals surface area contributed by atoms with Crippen molar-refractivity contribution in [3.63, 3.8) is 0 Å². The third kappa shape index (κ3) is 18.8. The zero-order chi connectivity index (χ0) is 49.8. The Balaban J connectivity index is 2.38. The van der Waals surface area contributed by atoms with Crippen LogP contribution in [0.15, 0.2) is 24.3 Å². The monoisotopic (exact) mass is 933 g/mol. The van der Waals surface area contributed by atoms with Crippen molar-refractivity contribution in [2.24, 2.45) is 28.9 Å². The first-order chi connectivity index (χ1) is 30.9. The van der Waals surface area contributed by atoms with Crippen LogP contribution in [0, 0.1) is 5.92 Å². The first-order valence-corrected chi connectivity index (χ1v) is 20.8. The highest BCUT2D eigenvalue weighted by Crippen LogP contribution is 2.21. The van der Waals surface area contributed by atoms with E-state index in [0.717, 1.165) is 4.90 Å². The second-order valence-corrected chi connectivity index (χ2v) is 15.9. The molecule has 0 aromatic heterocycles. The molecular weight excluding hydrogens is 875 g/mol. The van der Waals surface area contributed by atoms with Gasteiger partial charge in [0.05, 0.1) is 19.4 Å². The number of benzene rings is 1. The minimum Gasteiger partial charge on any atom is -0.508 e. The van der Waals surface area contributed by atoms with Crippen LogP contribution in [-0.4, -0.2) is 147 Å². The minimum absolute atomic E-state index is 0.0276. The molecule has 0 unspecified atom stereocenters. The molecule has 1 aromatic carbocycles. The van der Waals surface area contributed by atoms with Crippen molar-refractivity contribution < 1.29 is 72.9 Å². The average Bonchev–Trinajstić information content (AvgIpc) is 3.72. The third-order valence-corrected chi connectivity index (χ3v) is 10.0. The Labute approximate surface area is 378 Å². The number of aromatic hydroxyl groups is 1. The van der Waals surface area contributed by atoms with Crippen molar-refractivity contribution in [2.45, 2.75) is 120 Å². The number of phenolic OH excluding ortho intramolecular Hbond substituents is 1. The van der Waals surface area contributed by atoms with E-state index in [-0.39, 0.29) is 43.9 Å². The topological polar surface area (TPSA) is 445 Å². The number of nitrogens with two attached hydrogens (primary N) is 4. The Morgan fingerprint density at radius 3 is 1.65 bits per heavy atom. The standard InChI is InChI=1S/C40H59N11O15/c1-19(2)14-27(40(65)66)50-37(62)25(16-31(44)55)48-35(60)22(9-11-29(42)53)46-34(59)23(10-12-30(43)54)47-38(63)28-4-3-13-51(28)39(64)26(17-33(57)58)49-36(61)24(45-32(56)18-41)15-20-5-7-21(52)8-6-20/h5-8,19,22-28,52H,3-4,9-18,41H2,1-2H3,(H2,42,53)(H2,43,54)(H2,44,55)(H,45,56)(H,46,59)(H,47,63)(H,48,60)(H,49,61)(H,50,62)(H,57,58)(H,65,66)/t22-,23-,24-,25-,26-,27-,28-/m0/s1. The summed E-state index contributed by atoms with van der Waals surface area (Å²) in [7, 11) is 0. The maximum absolute atomic E-state index is 14.0. The summed E-state index contributed by atoms with van der Waals surface area (Å²) in [4.78, 5) is 154. The summed E-state index contributed by atoms with van der Waals surface area (Å²) < 4.78 is 0. The maximum atomic E-state index is 14.0. The van der Waals surface area contributed by atoms with Gasteiger partial charge in [-0.3, -0.25) is 52.7 Å². The highest BCUT2D eigenvalue weighted by atomic mass is 16.4. The molecule has 7 atom stereocenters. The van der Waals surface area contributed by atoms with Crippen LogP contribution in [0.4, 0.5) is 0 Å². The van der Waals surface area contributed by atoms with Gasteiger partial charge in [0.25, 0.3) is 0 Å². The summed E-state index contributed by atoms with van der Waals surface area (Å²) in [5.41, 5.74) is 21.8. The van der Waals surface area contributed by atoms with Crippen molar-refractivity contribution in [2.75, 3.05) is 13.1 Å². The fourth-order valence-corrected chi connectivity index (χ4v) is 6.78. The number of likely N-dealkylation sites (tertiary alicyclic amines) is 1. The summed E-state index contributed by atoms with van der Waals surface area (Å²) in [6, 6.07) is -5.56. The number of amides is 10. The number of nitrogens with zero attached hydrogens (tertiary/aromatic N) is 1. The molecule has 1 heterocycles. The van der Waals surface area contributed by atoms with Crippen LogP contribution in [0.3, 0.4) is 0 Å². The first kappa shape index (κ1) is 54.8. The van der Waals surface area contributed by atoms with Gasteiger partial charge in [0, 0.05) is 25.8 Å². The minimum atomic E-state index is -1.79. The quantitative estimate of drug-likeness (QED) is 0.0374. The molecule has 0 aliphatic carbocycles. The van der Waals surface area contributed by atoms with Crippen LogP contribution in [0.2, 0.25) is 0 Å². The number of hydrogen-bond donors (Lipinski definition) is 13. The Morgan fingerprint density at radius 1 is 0.652 bits per heavy atom. The van der Waals surface area contributed by atoms with Gasteiger partial charge in [-0.25, -0.2) is 4.79 Å². The van der Waals surface area contributed by atoms with Gasteiger partial charge in [-0.05, 0) is 55.7 Å². The zero-order valence-corrected chi connectivity index (χ0v) is 36.4. The average molecular weight is 934 g/mol. The molecule has 2 rings (SSSR count). The number of carbonyl (C=O) groups is 12. The molecule has 1 aliphatic rings. The predicted molar refractivity (Wildman–Crippen MR) is 227 cm³/mol. The van der Waals surface area contributed by atoms with Crippen molar-refractivity contribution in [3.05, 3.63) is 29.8 Å². The molecule has 26 heteroatoms. The van der Waals surface area contributed by atoms with Gasteiger partial charge in [-0.15, -0.1) is 0 Å². The van der Waals surface area contributed by atoms with E-state index in [1.54, 1.807) is 13.8 Å². The lowest BCUT2D eigenvalue weighted by Gasteiger charge is -2.30. The Morgan fingerprint density at radius 2 is 1.15 bits per heavy atom. The lowest BCUT2D eigenvalue weighted by molar-refractivity contribution is -0.146. The Bertz CT molecular complexity index is 1980. The van der Waals surface area contributed by atoms with Crippen LogP contribution >= 0.6 is 0 Å². The van der Waals surface area contributed by atoms with E-state index >= 15 is 0 Å². The molecule has 1 saturated heterocycles. The van der Waals surface area contributed by atoms with Crippen LogP contribution < -0.4 is 54.8 Å². The second-order valence-electron chi connectivity index (χ2n) is 15.9. The molecule has 17 N–H and O–H groups in total. The summed E-state index contributed by atoms with van der Waals surface area (Å²) in [5, 5.41) is 42.8. The summed E-state index contributed by atoms with van der Waals surface area (Å²) in [6.07, 6.45) is -3.85. The van der Waals surface area contributed by atoms with Crippen LogP contribution in [0.5, 0.6) is 5.75 Å². The van der Waals surface area contributed by atoms with Gasteiger partial charge >= 0.3 is 11.9 Å². The molecule has 26 nitrogen and oxygen atoms in total. The summed E-state index contributed by atoms with van der Waals surface area (Å²) >= 11 is 0. The molecule has 364 valence electrons. The molecular formula is C40H59N11O15. The number of nitrogens with one attached hydrogen (secondary N) is 6. The molecule has 1 aliphatic heterocycles. The Kier molecular flexibility index (Phi) is 21.9. The SMILES string of the molecule is CC(C)C[C@H](NC(=O)[C@H](CC(N)=O)NC(=O)[C@H](CCC(N)=O)NC(=O)[C@H](CCC(N)=O)NC(=O)[C@@H]1CCCN1C(=O)[C@H](CC(=O)O)NC(=O)[C@H](Cc1ccc(O)cc1)NC(=O)CN)C(=O)O. The lowest BCUT2D eigenvalue weighted by Crippen LogP contribution is -2.60. The van der Waals surface area contributed by atoms with E-state index in [0.29, 0.717) is 5.56 Å². The van der Waals surface area contributed by atoms with E-state index in [9.17, 15) is 72.9 Å². The predicted octanol–water partition coefficient (Wildman–Crippen LogP) is -5.20. The normalized spacial score (nSPS) is 15.9. The summed E-state index contributed by atoms with van der Waals surface area (Å²) in [5.74, 6) is -13.3. The molecule has 0 spiro atoms. The molecule has 0 saturated carbocycles. The fourth-order valence-electron chi connectivity index (χ4n) is 6.78. The van der Waals surface area contributed by atoms with E-state index < -0.39 is 158 Å². The molecule has 0 bridgehead atoms. The first-order valence-electron chi connectivity index (χ1n) is 20.8. The van der Waals surface area contributed by atoms with Gasteiger partial charge in [-0.1, -0.05) is 26.0 Å². The zero-order valence-electron chi connectivity index (χ0n) is 36.4. The van der Waals surface area contributed by atoms with E-state index in [4.69, 9.17) is 22.9 Å². The van der Waals surface area contributed by atoms with Crippen LogP contribution in [0.1, 0.15) is 77.2 Å². The van der Waals surface area contributed by atoms with Gasteiger partial charge in [0.15, 0.2) is 0 Å². The number of phenols is 1. The highest BCUT2D eigenvalue weighted by molar-refractivity contribution is 5.99. The smallest absolute Gasteiger partial charge is 0.326 e. The van der Waals surface area contributed by atoms with Crippen molar-refractivity contribution in [3.8, 4) is 5.75 Å². The van der Waals surface area contributed by atoms with Crippen LogP contribution in [-0.2, 0) is 64.0 Å². The maximum Gasteiger partial charge on any atom is 0.326 e. The number of carboxylic acids is 2. The number of carbonyl (C=O) groups excluding carboxylic acids is 10. The molecule has 10 amide bonds. The van der Waals surface area contributed by atoms with E-state index in [2.05, 4.69) is 31.9 Å². The third-order valence-electron chi connectivity index (χ3n) is 10.0. The van der Waals surface area contributed by atoms with E-state index in [1.807, 2.05) is 0 Å². The fraction of sp³-hybridized carbons (Fsp3) is 0.550. The summed E-state index contributed by atoms with van der Waals surface area (Å²) in [6.45, 7) is 2.73. The van der Waals surface area contributed by atoms with Gasteiger partial charge < -0.3 is 75.1 Å². The highest BCUT2D eigenvalue weighted by Gasteiger charge is 2.41. The van der Waals surface area contributed by atoms with Crippen LogP contribution in [0.25, 0.3) is 0 Å². The molecule has 1 aromatic rings. The molecule has 0 radical (unpaired) electrons. The number of hydrogen-bond acceptors (Lipinski definition) is 14. The Hall–Kier alpha value is -7.38. The number of rotatable bonds is 28. The second kappa shape index (κ2) is 26.4. The van der Waals surface area contributed by atoms with E-state index in [1.165, 1.54) is 24.3 Å². The number of aliphatic carboxylic acids is 2. The lowest BCUT2D eigenvalue weighted by atomic mass is 10.0. The van der Waals surface area contributed by atoms with Gasteiger partial charge in [0.1, 0.15) is 48.0 Å². The van der Waals surface area contributed by atoms with Crippen molar-refractivity contribution in [1.82, 2.24) is 36.8 Å². The van der Waals surface area contributed by atoms with Gasteiger partial charge in [0.2, 0.25) is 59.1 Å². The largest absolute Gasteiger partial charge is 0.508 e.